The summed E-state index contributed by atoms with van der Waals surface area (Å²) in [6.07, 6.45) is 2.75. The van der Waals surface area contributed by atoms with Crippen molar-refractivity contribution in [1.82, 2.24) is 5.32 Å². The van der Waals surface area contributed by atoms with Crippen LogP contribution in [-0.2, 0) is 4.74 Å². The first kappa shape index (κ1) is 6.05. The van der Waals surface area contributed by atoms with Gasteiger partial charge in [-0.05, 0) is 19.4 Å². The summed E-state index contributed by atoms with van der Waals surface area (Å²) >= 11 is 0. The SMILES string of the molecule is COC1[CH]NCCC1. The Bertz CT molecular complexity index is 59.5. The summed E-state index contributed by atoms with van der Waals surface area (Å²) in [6.45, 7) is 3.13. The average Bonchev–Trinajstić information content (AvgIpc) is 1.90. The second kappa shape index (κ2) is 3.05. The van der Waals surface area contributed by atoms with Crippen LogP contribution in [0.5, 0.6) is 0 Å². The normalized spacial score (nSPS) is 30.4. The molecule has 0 aromatic rings. The van der Waals surface area contributed by atoms with E-state index in [4.69, 9.17) is 4.74 Å². The van der Waals surface area contributed by atoms with Gasteiger partial charge in [-0.15, -0.1) is 0 Å². The van der Waals surface area contributed by atoms with E-state index in [2.05, 4.69) is 5.32 Å². The van der Waals surface area contributed by atoms with Gasteiger partial charge >= 0.3 is 0 Å². The van der Waals surface area contributed by atoms with Crippen molar-refractivity contribution in [3.8, 4) is 0 Å². The minimum atomic E-state index is 0.351. The first-order chi connectivity index (χ1) is 3.93. The molecule has 0 aliphatic carbocycles. The lowest BCUT2D eigenvalue weighted by atomic mass is 10.1. The molecule has 1 aliphatic heterocycles. The minimum absolute atomic E-state index is 0.351. The number of methoxy groups -OCH3 is 1. The van der Waals surface area contributed by atoms with Crippen molar-refractivity contribution in [2.45, 2.75) is 18.9 Å². The minimum Gasteiger partial charge on any atom is -0.380 e. The highest BCUT2D eigenvalue weighted by Crippen LogP contribution is 2.06. The molecule has 0 aromatic heterocycles. The molecule has 1 saturated heterocycles. The van der Waals surface area contributed by atoms with Crippen LogP contribution in [0.2, 0.25) is 0 Å². The van der Waals surface area contributed by atoms with Crippen LogP contribution in [0.3, 0.4) is 0 Å². The Balaban J connectivity index is 2.13. The van der Waals surface area contributed by atoms with Crippen molar-refractivity contribution in [2.24, 2.45) is 0 Å². The fourth-order valence-corrected chi connectivity index (χ4v) is 0.889. The van der Waals surface area contributed by atoms with Crippen molar-refractivity contribution in [3.05, 3.63) is 6.54 Å². The fourth-order valence-electron chi connectivity index (χ4n) is 0.889. The highest BCUT2D eigenvalue weighted by molar-refractivity contribution is 4.79. The molecule has 1 heterocycles. The van der Waals surface area contributed by atoms with Crippen LogP contribution in [0.25, 0.3) is 0 Å². The lowest BCUT2D eigenvalue weighted by Gasteiger charge is -2.19. The van der Waals surface area contributed by atoms with Crippen molar-refractivity contribution in [1.29, 1.82) is 0 Å². The standard InChI is InChI=1S/C6H12NO/c1-8-6-3-2-4-7-5-6/h5-7H,2-4H2,1H3. The van der Waals surface area contributed by atoms with Gasteiger partial charge in [0.05, 0.1) is 12.6 Å². The topological polar surface area (TPSA) is 21.3 Å². The van der Waals surface area contributed by atoms with E-state index in [0.29, 0.717) is 6.10 Å². The number of piperidine rings is 1. The Labute approximate surface area is 50.2 Å². The largest absolute Gasteiger partial charge is 0.380 e. The molecule has 1 aliphatic rings. The van der Waals surface area contributed by atoms with E-state index in [9.17, 15) is 0 Å². The number of ether oxygens (including phenoxy) is 1. The molecular formula is C6H12NO. The van der Waals surface area contributed by atoms with Gasteiger partial charge in [-0.25, -0.2) is 0 Å². The molecule has 47 valence electrons. The summed E-state index contributed by atoms with van der Waals surface area (Å²) in [5.41, 5.74) is 0. The maximum atomic E-state index is 5.07. The van der Waals surface area contributed by atoms with Gasteiger partial charge in [0.15, 0.2) is 0 Å². The number of nitrogens with one attached hydrogen (secondary N) is 1. The van der Waals surface area contributed by atoms with Crippen LogP contribution in [0.15, 0.2) is 0 Å². The lowest BCUT2D eigenvalue weighted by Crippen LogP contribution is -2.29. The van der Waals surface area contributed by atoms with E-state index < -0.39 is 0 Å². The third kappa shape index (κ3) is 1.46. The molecule has 0 aromatic carbocycles. The van der Waals surface area contributed by atoms with Crippen molar-refractivity contribution in [3.63, 3.8) is 0 Å². The third-order valence-electron chi connectivity index (χ3n) is 1.42. The zero-order valence-corrected chi connectivity index (χ0v) is 5.18. The number of hydrogen-bond donors (Lipinski definition) is 1. The second-order valence-electron chi connectivity index (χ2n) is 2.04. The van der Waals surface area contributed by atoms with Gasteiger partial charge < -0.3 is 10.1 Å². The van der Waals surface area contributed by atoms with Gasteiger partial charge in [0.2, 0.25) is 0 Å². The Morgan fingerprint density at radius 2 is 2.62 bits per heavy atom. The molecule has 0 saturated carbocycles. The fraction of sp³-hybridized carbons (Fsp3) is 0.833. The number of rotatable bonds is 1. The lowest BCUT2D eigenvalue weighted by molar-refractivity contribution is 0.103. The van der Waals surface area contributed by atoms with Crippen molar-refractivity contribution in [2.75, 3.05) is 13.7 Å². The molecule has 1 N–H and O–H groups in total. The van der Waals surface area contributed by atoms with E-state index in [-0.39, 0.29) is 0 Å². The molecule has 1 fully saturated rings. The van der Waals surface area contributed by atoms with Gasteiger partial charge in [-0.3, -0.25) is 0 Å². The highest BCUT2D eigenvalue weighted by atomic mass is 16.5. The maximum Gasteiger partial charge on any atom is 0.0741 e. The van der Waals surface area contributed by atoms with Crippen LogP contribution in [0.4, 0.5) is 0 Å². The Kier molecular flexibility index (Phi) is 2.30. The summed E-state index contributed by atoms with van der Waals surface area (Å²) in [6, 6.07) is 0. The first-order valence-electron chi connectivity index (χ1n) is 3.03. The van der Waals surface area contributed by atoms with Gasteiger partial charge in [0.1, 0.15) is 0 Å². The van der Waals surface area contributed by atoms with Crippen LogP contribution in [-0.4, -0.2) is 19.8 Å². The highest BCUT2D eigenvalue weighted by Gasteiger charge is 2.10. The molecule has 0 spiro atoms. The molecule has 1 atom stereocenters. The van der Waals surface area contributed by atoms with E-state index in [1.807, 2.05) is 6.54 Å². The Morgan fingerprint density at radius 1 is 1.75 bits per heavy atom. The first-order valence-corrected chi connectivity index (χ1v) is 3.03. The zero-order valence-electron chi connectivity index (χ0n) is 5.18. The van der Waals surface area contributed by atoms with Crippen LogP contribution >= 0.6 is 0 Å². The van der Waals surface area contributed by atoms with Crippen LogP contribution in [0, 0.1) is 6.54 Å². The molecule has 0 bridgehead atoms. The van der Waals surface area contributed by atoms with E-state index in [0.717, 1.165) is 6.54 Å². The summed E-state index contributed by atoms with van der Waals surface area (Å²) in [5, 5.41) is 3.14. The molecule has 2 heteroatoms. The summed E-state index contributed by atoms with van der Waals surface area (Å²) < 4.78 is 5.07. The molecule has 1 rings (SSSR count). The summed E-state index contributed by atoms with van der Waals surface area (Å²) in [5.74, 6) is 0. The van der Waals surface area contributed by atoms with E-state index >= 15 is 0 Å². The Morgan fingerprint density at radius 3 is 3.00 bits per heavy atom. The quantitative estimate of drug-likeness (QED) is 0.537. The summed E-state index contributed by atoms with van der Waals surface area (Å²) in [7, 11) is 1.74. The monoisotopic (exact) mass is 114 g/mol. The number of hydrogen-bond acceptors (Lipinski definition) is 2. The predicted octanol–water partition coefficient (Wildman–Crippen LogP) is 0.547. The van der Waals surface area contributed by atoms with Gasteiger partial charge in [-0.2, -0.15) is 0 Å². The van der Waals surface area contributed by atoms with E-state index in [1.165, 1.54) is 12.8 Å². The van der Waals surface area contributed by atoms with Crippen LogP contribution in [0.1, 0.15) is 12.8 Å². The Hall–Kier alpha value is -0.0800. The van der Waals surface area contributed by atoms with Crippen molar-refractivity contribution >= 4 is 0 Å². The predicted molar refractivity (Wildman–Crippen MR) is 32.3 cm³/mol. The van der Waals surface area contributed by atoms with Gasteiger partial charge in [0.25, 0.3) is 0 Å². The molecule has 0 amide bonds. The molecular weight excluding hydrogens is 102 g/mol. The zero-order chi connectivity index (χ0) is 5.82. The second-order valence-corrected chi connectivity index (χ2v) is 2.04. The van der Waals surface area contributed by atoms with Gasteiger partial charge in [0, 0.05) is 7.11 Å². The maximum absolute atomic E-state index is 5.07. The van der Waals surface area contributed by atoms with Gasteiger partial charge in [-0.1, -0.05) is 0 Å². The summed E-state index contributed by atoms with van der Waals surface area (Å²) in [4.78, 5) is 0. The average molecular weight is 114 g/mol. The van der Waals surface area contributed by atoms with Crippen LogP contribution < -0.4 is 5.32 Å². The third-order valence-corrected chi connectivity index (χ3v) is 1.42. The van der Waals surface area contributed by atoms with E-state index in [1.54, 1.807) is 7.11 Å². The molecule has 1 radical (unpaired) electrons. The molecule has 2 nitrogen and oxygen atoms in total. The van der Waals surface area contributed by atoms with Crippen molar-refractivity contribution < 1.29 is 4.74 Å². The molecule has 1 unspecified atom stereocenters. The molecule has 8 heavy (non-hydrogen) atoms. The smallest absolute Gasteiger partial charge is 0.0741 e.